The van der Waals surface area contributed by atoms with Crippen LogP contribution in [0.1, 0.15) is 29.4 Å². The molecule has 3 aromatic rings. The lowest BCUT2D eigenvalue weighted by Crippen LogP contribution is -2.29. The van der Waals surface area contributed by atoms with E-state index < -0.39 is 11.4 Å². The molecule has 8 heteroatoms. The molecule has 1 atom stereocenters. The quantitative estimate of drug-likeness (QED) is 0.665. The summed E-state index contributed by atoms with van der Waals surface area (Å²) in [5.41, 5.74) is 6.87. The maximum Gasteiger partial charge on any atom is 0.277 e. The number of aromatic nitrogens is 1. The summed E-state index contributed by atoms with van der Waals surface area (Å²) in [6.45, 7) is 1.84. The standard InChI is InChI=1S/C21H19FN4O2S/c1-21(9-10-29-20(23)25-21)15-11-14(7-8-16(15)22)24-19(27)17-12-18(28-26-17)13-5-3-2-4-6-13/h2-8,11-12H,9-10H2,1H3,(H2,23,25)(H,24,27). The van der Waals surface area contributed by atoms with Crippen molar-refractivity contribution >= 4 is 28.5 Å². The summed E-state index contributed by atoms with van der Waals surface area (Å²) >= 11 is 1.45. The minimum Gasteiger partial charge on any atom is -0.379 e. The van der Waals surface area contributed by atoms with Crippen molar-refractivity contribution < 1.29 is 13.7 Å². The molecule has 0 saturated carbocycles. The highest BCUT2D eigenvalue weighted by Crippen LogP contribution is 2.37. The van der Waals surface area contributed by atoms with Gasteiger partial charge in [0.05, 0.1) is 5.54 Å². The van der Waals surface area contributed by atoms with Crippen molar-refractivity contribution in [1.82, 2.24) is 5.16 Å². The summed E-state index contributed by atoms with van der Waals surface area (Å²) in [5.74, 6) is 0.415. The fourth-order valence-electron chi connectivity index (χ4n) is 3.21. The number of carbonyl (C=O) groups is 1. The Morgan fingerprint density at radius 3 is 2.79 bits per heavy atom. The zero-order chi connectivity index (χ0) is 20.4. The van der Waals surface area contributed by atoms with Crippen LogP contribution >= 0.6 is 11.8 Å². The van der Waals surface area contributed by atoms with Crippen LogP contribution in [-0.2, 0) is 5.54 Å². The number of amidine groups is 1. The molecule has 148 valence electrons. The van der Waals surface area contributed by atoms with Gasteiger partial charge in [0.25, 0.3) is 5.91 Å². The Morgan fingerprint density at radius 2 is 2.03 bits per heavy atom. The normalized spacial score (nSPS) is 18.9. The van der Waals surface area contributed by atoms with Gasteiger partial charge in [0.2, 0.25) is 0 Å². The molecule has 1 aliphatic rings. The molecule has 1 unspecified atom stereocenters. The molecule has 0 spiro atoms. The van der Waals surface area contributed by atoms with Crippen LogP contribution in [0.4, 0.5) is 10.1 Å². The van der Waals surface area contributed by atoms with E-state index in [2.05, 4.69) is 15.5 Å². The molecule has 1 amide bonds. The van der Waals surface area contributed by atoms with E-state index in [9.17, 15) is 9.18 Å². The van der Waals surface area contributed by atoms with Crippen LogP contribution in [0.2, 0.25) is 0 Å². The monoisotopic (exact) mass is 410 g/mol. The van der Waals surface area contributed by atoms with E-state index in [1.807, 2.05) is 37.3 Å². The molecule has 0 fully saturated rings. The van der Waals surface area contributed by atoms with E-state index >= 15 is 0 Å². The molecule has 0 aliphatic carbocycles. The van der Waals surface area contributed by atoms with Crippen molar-refractivity contribution in [2.24, 2.45) is 10.7 Å². The minimum atomic E-state index is -0.769. The fraction of sp³-hybridized carbons (Fsp3) is 0.190. The number of hydrogen-bond donors (Lipinski definition) is 2. The van der Waals surface area contributed by atoms with Crippen LogP contribution in [0, 0.1) is 5.82 Å². The summed E-state index contributed by atoms with van der Waals surface area (Å²) in [6, 6.07) is 15.4. The molecule has 0 saturated heterocycles. The maximum absolute atomic E-state index is 14.5. The van der Waals surface area contributed by atoms with E-state index in [1.54, 1.807) is 12.1 Å². The molecular formula is C21H19FN4O2S. The van der Waals surface area contributed by atoms with Gasteiger partial charge in [-0.3, -0.25) is 9.79 Å². The number of rotatable bonds is 4. The van der Waals surface area contributed by atoms with Crippen molar-refractivity contribution in [3.63, 3.8) is 0 Å². The van der Waals surface area contributed by atoms with Gasteiger partial charge >= 0.3 is 0 Å². The van der Waals surface area contributed by atoms with Crippen LogP contribution in [0.3, 0.4) is 0 Å². The molecule has 29 heavy (non-hydrogen) atoms. The van der Waals surface area contributed by atoms with E-state index in [1.165, 1.54) is 23.9 Å². The van der Waals surface area contributed by atoms with Crippen molar-refractivity contribution in [2.45, 2.75) is 18.9 Å². The largest absolute Gasteiger partial charge is 0.379 e. The number of carbonyl (C=O) groups excluding carboxylic acids is 1. The predicted molar refractivity (Wildman–Crippen MR) is 112 cm³/mol. The van der Waals surface area contributed by atoms with E-state index in [-0.39, 0.29) is 11.5 Å². The molecule has 2 aromatic carbocycles. The summed E-state index contributed by atoms with van der Waals surface area (Å²) in [6.07, 6.45) is 0.649. The molecule has 0 radical (unpaired) electrons. The van der Waals surface area contributed by atoms with Gasteiger partial charge < -0.3 is 15.6 Å². The van der Waals surface area contributed by atoms with E-state index in [4.69, 9.17) is 10.3 Å². The Kier molecular flexibility index (Phi) is 5.10. The molecular weight excluding hydrogens is 391 g/mol. The first-order valence-corrected chi connectivity index (χ1v) is 10.0. The molecule has 1 aromatic heterocycles. The maximum atomic E-state index is 14.5. The van der Waals surface area contributed by atoms with Gasteiger partial charge in [-0.2, -0.15) is 0 Å². The number of anilines is 1. The molecule has 1 aliphatic heterocycles. The van der Waals surface area contributed by atoms with Gasteiger partial charge in [-0.15, -0.1) is 0 Å². The van der Waals surface area contributed by atoms with Gasteiger partial charge in [-0.05, 0) is 31.5 Å². The first-order valence-electron chi connectivity index (χ1n) is 9.06. The van der Waals surface area contributed by atoms with Crippen molar-refractivity contribution in [1.29, 1.82) is 0 Å². The second-order valence-electron chi connectivity index (χ2n) is 6.91. The van der Waals surface area contributed by atoms with Gasteiger partial charge in [-0.1, -0.05) is 47.3 Å². The Balaban J connectivity index is 1.57. The lowest BCUT2D eigenvalue weighted by Gasteiger charge is -2.30. The third-order valence-electron chi connectivity index (χ3n) is 4.80. The molecule has 3 N–H and O–H groups in total. The van der Waals surface area contributed by atoms with Gasteiger partial charge in [0.1, 0.15) is 5.82 Å². The second-order valence-corrected chi connectivity index (χ2v) is 8.03. The number of halogens is 1. The number of hydrogen-bond acceptors (Lipinski definition) is 6. The summed E-state index contributed by atoms with van der Waals surface area (Å²) in [7, 11) is 0. The van der Waals surface area contributed by atoms with Crippen LogP contribution in [0.15, 0.2) is 64.1 Å². The number of benzene rings is 2. The van der Waals surface area contributed by atoms with E-state index in [0.29, 0.717) is 28.6 Å². The highest BCUT2D eigenvalue weighted by atomic mass is 32.2. The Hall–Kier alpha value is -3.13. The zero-order valence-electron chi connectivity index (χ0n) is 15.7. The Morgan fingerprint density at radius 1 is 1.24 bits per heavy atom. The fourth-order valence-corrected chi connectivity index (χ4v) is 4.19. The smallest absolute Gasteiger partial charge is 0.277 e. The van der Waals surface area contributed by atoms with Crippen LogP contribution in [0.5, 0.6) is 0 Å². The molecule has 2 heterocycles. The second kappa shape index (κ2) is 7.71. The number of amides is 1. The molecule has 6 nitrogen and oxygen atoms in total. The number of nitrogens with zero attached hydrogens (tertiary/aromatic N) is 2. The average molecular weight is 410 g/mol. The average Bonchev–Trinajstić information content (AvgIpc) is 3.20. The number of aliphatic imine (C=N–C) groups is 1. The third kappa shape index (κ3) is 4.02. The molecule has 0 bridgehead atoms. The zero-order valence-corrected chi connectivity index (χ0v) is 16.5. The summed E-state index contributed by atoms with van der Waals surface area (Å²) in [5, 5.41) is 7.02. The van der Waals surface area contributed by atoms with E-state index in [0.717, 1.165) is 11.3 Å². The van der Waals surface area contributed by atoms with Crippen molar-refractivity contribution in [3.05, 3.63) is 71.7 Å². The first-order chi connectivity index (χ1) is 13.9. The third-order valence-corrected chi connectivity index (χ3v) is 5.60. The Labute approximate surface area is 171 Å². The topological polar surface area (TPSA) is 93.5 Å². The lowest BCUT2D eigenvalue weighted by atomic mass is 9.89. The van der Waals surface area contributed by atoms with Gasteiger partial charge in [0, 0.05) is 28.6 Å². The Bertz CT molecular complexity index is 1080. The SMILES string of the molecule is CC1(c2cc(NC(=O)c3cc(-c4ccccc4)on3)ccc2F)CCSC(N)=N1. The van der Waals surface area contributed by atoms with Crippen molar-refractivity contribution in [3.8, 4) is 11.3 Å². The van der Waals surface area contributed by atoms with Crippen molar-refractivity contribution in [2.75, 3.05) is 11.1 Å². The minimum absolute atomic E-state index is 0.136. The predicted octanol–water partition coefficient (Wildman–Crippen LogP) is 4.40. The van der Waals surface area contributed by atoms with Gasteiger partial charge in [0.15, 0.2) is 16.6 Å². The van der Waals surface area contributed by atoms with Crippen LogP contribution < -0.4 is 11.1 Å². The summed E-state index contributed by atoms with van der Waals surface area (Å²) in [4.78, 5) is 17.0. The van der Waals surface area contributed by atoms with Gasteiger partial charge in [-0.25, -0.2) is 4.39 Å². The van der Waals surface area contributed by atoms with Crippen LogP contribution in [0.25, 0.3) is 11.3 Å². The van der Waals surface area contributed by atoms with Crippen LogP contribution in [-0.4, -0.2) is 22.0 Å². The molecule has 4 rings (SSSR count). The highest BCUT2D eigenvalue weighted by molar-refractivity contribution is 8.13. The number of thioether (sulfide) groups is 1. The number of nitrogens with one attached hydrogen (secondary N) is 1. The summed E-state index contributed by atoms with van der Waals surface area (Å²) < 4.78 is 19.8. The first kappa shape index (κ1) is 19.2. The lowest BCUT2D eigenvalue weighted by molar-refractivity contribution is 0.101. The number of nitrogens with two attached hydrogens (primary N) is 1. The highest BCUT2D eigenvalue weighted by Gasteiger charge is 2.32.